The summed E-state index contributed by atoms with van der Waals surface area (Å²) in [6.07, 6.45) is 17.6. The predicted molar refractivity (Wildman–Crippen MR) is 132 cm³/mol. The van der Waals surface area contributed by atoms with E-state index in [1.165, 1.54) is 51.4 Å². The highest BCUT2D eigenvalue weighted by Crippen LogP contribution is 2.30. The first-order valence-corrected chi connectivity index (χ1v) is 13.7. The Morgan fingerprint density at radius 3 is 1.25 bits per heavy atom. The summed E-state index contributed by atoms with van der Waals surface area (Å²) in [4.78, 5) is 24.6. The molecule has 0 aromatic heterocycles. The van der Waals surface area contributed by atoms with Gasteiger partial charge in [0.1, 0.15) is 0 Å². The molecule has 32 heavy (non-hydrogen) atoms. The molecule has 0 aromatic rings. The fourth-order valence-electron chi connectivity index (χ4n) is 4.52. The van der Waals surface area contributed by atoms with Crippen LogP contribution in [0.25, 0.3) is 0 Å². The molecule has 0 aliphatic heterocycles. The molecule has 1 saturated carbocycles. The van der Waals surface area contributed by atoms with Gasteiger partial charge in [-0.05, 0) is 50.4 Å². The van der Waals surface area contributed by atoms with E-state index in [2.05, 4.69) is 27.7 Å². The Labute approximate surface area is 198 Å². The van der Waals surface area contributed by atoms with Crippen molar-refractivity contribution in [3.05, 3.63) is 0 Å². The van der Waals surface area contributed by atoms with E-state index in [-0.39, 0.29) is 23.8 Å². The fourth-order valence-corrected chi connectivity index (χ4v) is 4.52. The largest absolute Gasteiger partial charge is 0.465 e. The maximum atomic E-state index is 12.3. The van der Waals surface area contributed by atoms with E-state index in [4.69, 9.17) is 9.47 Å². The second kappa shape index (κ2) is 18.4. The van der Waals surface area contributed by atoms with Crippen LogP contribution in [0.2, 0.25) is 0 Å². The number of unbranched alkanes of at least 4 members (excludes halogenated alkanes) is 8. The van der Waals surface area contributed by atoms with Crippen LogP contribution in [-0.4, -0.2) is 25.2 Å². The van der Waals surface area contributed by atoms with E-state index < -0.39 is 0 Å². The Hall–Kier alpha value is -1.06. The predicted octanol–water partition coefficient (Wildman–Crippen LogP) is 7.87. The molecule has 0 unspecified atom stereocenters. The zero-order valence-corrected chi connectivity index (χ0v) is 21.7. The molecular weight excluding hydrogens is 400 g/mol. The summed E-state index contributed by atoms with van der Waals surface area (Å²) >= 11 is 0. The molecule has 4 nitrogen and oxygen atoms in total. The lowest BCUT2D eigenvalue weighted by atomic mass is 9.82. The Balaban J connectivity index is 1.99. The number of carbonyl (C=O) groups excluding carboxylic acids is 2. The highest BCUT2D eigenvalue weighted by atomic mass is 16.5. The minimum Gasteiger partial charge on any atom is -0.465 e. The zero-order valence-electron chi connectivity index (χ0n) is 21.7. The Bertz CT molecular complexity index is 478. The second-order valence-electron chi connectivity index (χ2n) is 10.8. The van der Waals surface area contributed by atoms with Gasteiger partial charge in [-0.3, -0.25) is 9.59 Å². The highest BCUT2D eigenvalue weighted by molar-refractivity contribution is 5.75. The molecule has 1 fully saturated rings. The highest BCUT2D eigenvalue weighted by Gasteiger charge is 2.31. The lowest BCUT2D eigenvalue weighted by Gasteiger charge is -2.26. The summed E-state index contributed by atoms with van der Waals surface area (Å²) in [6.45, 7) is 10.1. The molecule has 0 bridgehead atoms. The summed E-state index contributed by atoms with van der Waals surface area (Å²) in [5.74, 6) is 1.38. The van der Waals surface area contributed by atoms with Crippen LogP contribution < -0.4 is 0 Å². The minimum absolute atomic E-state index is 0.0314. The van der Waals surface area contributed by atoms with Crippen LogP contribution in [0.1, 0.15) is 130 Å². The molecule has 1 rings (SSSR count). The van der Waals surface area contributed by atoms with E-state index in [0.717, 1.165) is 63.2 Å². The van der Waals surface area contributed by atoms with Crippen molar-refractivity contribution in [2.45, 2.75) is 130 Å². The van der Waals surface area contributed by atoms with Crippen molar-refractivity contribution in [1.82, 2.24) is 0 Å². The molecular formula is C28H52O4. The average molecular weight is 453 g/mol. The number of hydrogen-bond acceptors (Lipinski definition) is 4. The van der Waals surface area contributed by atoms with Gasteiger partial charge < -0.3 is 9.47 Å². The van der Waals surface area contributed by atoms with Crippen molar-refractivity contribution < 1.29 is 19.1 Å². The summed E-state index contributed by atoms with van der Waals surface area (Å²) < 4.78 is 11.0. The number of hydrogen-bond donors (Lipinski definition) is 0. The Morgan fingerprint density at radius 2 is 0.875 bits per heavy atom. The van der Waals surface area contributed by atoms with Gasteiger partial charge in [0.05, 0.1) is 25.0 Å². The standard InChI is InChI=1S/C28H52O4/c1-23(2)15-11-8-6-5-7-9-13-21-31-27(29)25-17-19-26(20-18-25)28(30)32-22-14-10-12-16-24(3)4/h23-26H,5-22H2,1-4H3. The molecule has 0 saturated heterocycles. The summed E-state index contributed by atoms with van der Waals surface area (Å²) in [5, 5.41) is 0. The third-order valence-corrected chi connectivity index (χ3v) is 6.73. The maximum Gasteiger partial charge on any atom is 0.308 e. The Kier molecular flexibility index (Phi) is 16.6. The van der Waals surface area contributed by atoms with Gasteiger partial charge in [-0.25, -0.2) is 0 Å². The van der Waals surface area contributed by atoms with Crippen molar-refractivity contribution in [3.8, 4) is 0 Å². The molecule has 0 spiro atoms. The number of ether oxygens (including phenoxy) is 2. The summed E-state index contributed by atoms with van der Waals surface area (Å²) in [6, 6.07) is 0. The van der Waals surface area contributed by atoms with Gasteiger partial charge in [-0.1, -0.05) is 91.9 Å². The number of rotatable bonds is 18. The van der Waals surface area contributed by atoms with E-state index >= 15 is 0 Å². The normalized spacial score (nSPS) is 18.8. The SMILES string of the molecule is CC(C)CCCCCCCCCOC(=O)C1CCC(C(=O)OCCCCCC(C)C)CC1. The monoisotopic (exact) mass is 452 g/mol. The number of carbonyl (C=O) groups is 2. The molecule has 4 heteroatoms. The summed E-state index contributed by atoms with van der Waals surface area (Å²) in [7, 11) is 0. The van der Waals surface area contributed by atoms with Gasteiger partial charge in [0.25, 0.3) is 0 Å². The summed E-state index contributed by atoms with van der Waals surface area (Å²) in [5.41, 5.74) is 0. The lowest BCUT2D eigenvalue weighted by Crippen LogP contribution is -2.28. The van der Waals surface area contributed by atoms with Gasteiger partial charge in [0.15, 0.2) is 0 Å². The van der Waals surface area contributed by atoms with Gasteiger partial charge in [-0.2, -0.15) is 0 Å². The Morgan fingerprint density at radius 1 is 0.562 bits per heavy atom. The van der Waals surface area contributed by atoms with E-state index in [1.54, 1.807) is 0 Å². The molecule has 0 radical (unpaired) electrons. The number of esters is 2. The van der Waals surface area contributed by atoms with Gasteiger partial charge >= 0.3 is 11.9 Å². The minimum atomic E-state index is -0.0649. The molecule has 0 aromatic carbocycles. The van der Waals surface area contributed by atoms with E-state index in [1.807, 2.05) is 0 Å². The average Bonchev–Trinajstić information content (AvgIpc) is 2.76. The van der Waals surface area contributed by atoms with Crippen molar-refractivity contribution in [1.29, 1.82) is 0 Å². The quantitative estimate of drug-likeness (QED) is 0.157. The van der Waals surface area contributed by atoms with Crippen LogP contribution in [0.3, 0.4) is 0 Å². The third-order valence-electron chi connectivity index (χ3n) is 6.73. The van der Waals surface area contributed by atoms with Gasteiger partial charge in [0.2, 0.25) is 0 Å². The molecule has 1 aliphatic rings. The topological polar surface area (TPSA) is 52.6 Å². The van der Waals surface area contributed by atoms with Crippen LogP contribution in [0, 0.1) is 23.7 Å². The van der Waals surface area contributed by atoms with Gasteiger partial charge in [-0.15, -0.1) is 0 Å². The lowest BCUT2D eigenvalue weighted by molar-refractivity contribution is -0.155. The molecule has 0 atom stereocenters. The molecule has 0 amide bonds. The van der Waals surface area contributed by atoms with Crippen LogP contribution in [0.5, 0.6) is 0 Å². The van der Waals surface area contributed by atoms with E-state index in [0.29, 0.717) is 13.2 Å². The first-order valence-electron chi connectivity index (χ1n) is 13.7. The van der Waals surface area contributed by atoms with Crippen molar-refractivity contribution in [2.24, 2.45) is 23.7 Å². The fraction of sp³-hybridized carbons (Fsp3) is 0.929. The zero-order chi connectivity index (χ0) is 23.6. The first-order chi connectivity index (χ1) is 15.4. The second-order valence-corrected chi connectivity index (χ2v) is 10.8. The van der Waals surface area contributed by atoms with Crippen LogP contribution in [-0.2, 0) is 19.1 Å². The maximum absolute atomic E-state index is 12.3. The molecule has 0 N–H and O–H groups in total. The van der Waals surface area contributed by atoms with Crippen LogP contribution in [0.4, 0.5) is 0 Å². The van der Waals surface area contributed by atoms with E-state index in [9.17, 15) is 9.59 Å². The van der Waals surface area contributed by atoms with Crippen LogP contribution in [0.15, 0.2) is 0 Å². The smallest absolute Gasteiger partial charge is 0.308 e. The first kappa shape index (κ1) is 29.0. The molecule has 1 aliphatic carbocycles. The third kappa shape index (κ3) is 14.9. The molecule has 0 heterocycles. The van der Waals surface area contributed by atoms with Crippen LogP contribution >= 0.6 is 0 Å². The van der Waals surface area contributed by atoms with Crippen molar-refractivity contribution >= 4 is 11.9 Å². The van der Waals surface area contributed by atoms with Gasteiger partial charge in [0, 0.05) is 0 Å². The van der Waals surface area contributed by atoms with Crippen molar-refractivity contribution in [2.75, 3.05) is 13.2 Å². The van der Waals surface area contributed by atoms with Crippen molar-refractivity contribution in [3.63, 3.8) is 0 Å². The molecule has 188 valence electrons.